The molecule has 6 heteroatoms. The van der Waals surface area contributed by atoms with Crippen molar-refractivity contribution in [3.8, 4) is 0 Å². The predicted octanol–water partition coefficient (Wildman–Crippen LogP) is 0.630. The van der Waals surface area contributed by atoms with Gasteiger partial charge >= 0.3 is 11.9 Å². The zero-order valence-electron chi connectivity index (χ0n) is 8.86. The van der Waals surface area contributed by atoms with E-state index in [0.717, 1.165) is 0 Å². The third-order valence-corrected chi connectivity index (χ3v) is 1.99. The van der Waals surface area contributed by atoms with Crippen molar-refractivity contribution in [2.75, 3.05) is 13.7 Å². The number of esters is 1. The lowest BCUT2D eigenvalue weighted by Crippen LogP contribution is -2.19. The summed E-state index contributed by atoms with van der Waals surface area (Å²) in [5.41, 5.74) is 0.130. The third-order valence-electron chi connectivity index (χ3n) is 1.99. The fraction of sp³-hybridized carbons (Fsp3) is 0.400. The van der Waals surface area contributed by atoms with Crippen LogP contribution >= 0.6 is 0 Å². The first kappa shape index (κ1) is 12.3. The Balaban J connectivity index is 2.34. The average Bonchev–Trinajstić information content (AvgIpc) is 2.72. The van der Waals surface area contributed by atoms with Gasteiger partial charge in [-0.3, -0.25) is 4.79 Å². The molecule has 0 bridgehead atoms. The van der Waals surface area contributed by atoms with Crippen LogP contribution in [0.4, 0.5) is 0 Å². The second-order valence-electron chi connectivity index (χ2n) is 3.07. The average molecular weight is 227 g/mol. The van der Waals surface area contributed by atoms with Gasteiger partial charge in [-0.15, -0.1) is 0 Å². The number of aromatic carboxylic acids is 1. The first-order valence-electron chi connectivity index (χ1n) is 4.72. The van der Waals surface area contributed by atoms with E-state index >= 15 is 0 Å². The SMILES string of the molecule is COC(=O)CCNCc1occc1C(=O)O. The molecule has 0 atom stereocenters. The van der Waals surface area contributed by atoms with Crippen molar-refractivity contribution in [3.05, 3.63) is 23.7 Å². The minimum absolute atomic E-state index is 0.130. The molecule has 0 amide bonds. The maximum Gasteiger partial charge on any atom is 0.339 e. The fourth-order valence-corrected chi connectivity index (χ4v) is 1.16. The molecule has 0 fully saturated rings. The van der Waals surface area contributed by atoms with Gasteiger partial charge in [0.2, 0.25) is 0 Å². The Morgan fingerprint density at radius 1 is 1.56 bits per heavy atom. The van der Waals surface area contributed by atoms with E-state index in [1.54, 1.807) is 0 Å². The number of nitrogens with one attached hydrogen (secondary N) is 1. The normalized spacial score (nSPS) is 10.1. The maximum atomic E-state index is 10.8. The highest BCUT2D eigenvalue weighted by Gasteiger charge is 2.12. The molecule has 1 heterocycles. The number of carboxylic acid groups (broad SMARTS) is 1. The van der Waals surface area contributed by atoms with Gasteiger partial charge in [-0.2, -0.15) is 0 Å². The van der Waals surface area contributed by atoms with Crippen LogP contribution in [0.2, 0.25) is 0 Å². The molecule has 0 aliphatic carbocycles. The lowest BCUT2D eigenvalue weighted by Gasteiger charge is -2.02. The van der Waals surface area contributed by atoms with Crippen molar-refractivity contribution in [2.45, 2.75) is 13.0 Å². The molecule has 0 unspecified atom stereocenters. The maximum absolute atomic E-state index is 10.8. The molecule has 0 radical (unpaired) electrons. The number of hydrogen-bond acceptors (Lipinski definition) is 5. The number of rotatable bonds is 6. The number of carbonyl (C=O) groups is 2. The zero-order valence-corrected chi connectivity index (χ0v) is 8.86. The summed E-state index contributed by atoms with van der Waals surface area (Å²) in [4.78, 5) is 21.5. The predicted molar refractivity (Wildman–Crippen MR) is 54.0 cm³/mol. The van der Waals surface area contributed by atoms with Crippen LogP contribution in [0.5, 0.6) is 0 Å². The number of furan rings is 1. The number of ether oxygens (including phenoxy) is 1. The molecular weight excluding hydrogens is 214 g/mol. The van der Waals surface area contributed by atoms with Crippen molar-refractivity contribution < 1.29 is 23.8 Å². The standard InChI is InChI=1S/C10H13NO5/c1-15-9(12)2-4-11-6-8-7(10(13)14)3-5-16-8/h3,5,11H,2,4,6H2,1H3,(H,13,14). The quantitative estimate of drug-likeness (QED) is 0.547. The van der Waals surface area contributed by atoms with E-state index in [4.69, 9.17) is 9.52 Å². The van der Waals surface area contributed by atoms with Crippen molar-refractivity contribution in [2.24, 2.45) is 0 Å². The van der Waals surface area contributed by atoms with Gasteiger partial charge in [-0.25, -0.2) is 4.79 Å². The van der Waals surface area contributed by atoms with Gasteiger partial charge in [0, 0.05) is 6.54 Å². The smallest absolute Gasteiger partial charge is 0.339 e. The molecule has 88 valence electrons. The highest BCUT2D eigenvalue weighted by Crippen LogP contribution is 2.09. The summed E-state index contributed by atoms with van der Waals surface area (Å²) in [7, 11) is 1.32. The van der Waals surface area contributed by atoms with Crippen molar-refractivity contribution in [1.82, 2.24) is 5.32 Å². The van der Waals surface area contributed by atoms with Crippen LogP contribution in [0.1, 0.15) is 22.5 Å². The highest BCUT2D eigenvalue weighted by molar-refractivity contribution is 5.88. The van der Waals surface area contributed by atoms with E-state index in [1.165, 1.54) is 19.4 Å². The summed E-state index contributed by atoms with van der Waals surface area (Å²) in [6.45, 7) is 0.679. The molecule has 0 aliphatic heterocycles. The van der Waals surface area contributed by atoms with E-state index in [1.807, 2.05) is 0 Å². The number of hydrogen-bond donors (Lipinski definition) is 2. The first-order chi connectivity index (χ1) is 7.65. The molecule has 0 aliphatic rings. The van der Waals surface area contributed by atoms with Crippen molar-refractivity contribution in [3.63, 3.8) is 0 Å². The summed E-state index contributed by atoms with van der Waals surface area (Å²) in [5, 5.41) is 11.7. The number of carboxylic acids is 1. The molecule has 0 spiro atoms. The van der Waals surface area contributed by atoms with Crippen LogP contribution in [0.3, 0.4) is 0 Å². The second-order valence-corrected chi connectivity index (χ2v) is 3.07. The van der Waals surface area contributed by atoms with Crippen molar-refractivity contribution in [1.29, 1.82) is 0 Å². The van der Waals surface area contributed by atoms with Gasteiger partial charge in [0.1, 0.15) is 11.3 Å². The minimum Gasteiger partial charge on any atom is -0.478 e. The van der Waals surface area contributed by atoms with Gasteiger partial charge in [0.25, 0.3) is 0 Å². The van der Waals surface area contributed by atoms with Gasteiger partial charge < -0.3 is 19.6 Å². The minimum atomic E-state index is -1.03. The third kappa shape index (κ3) is 3.39. The van der Waals surface area contributed by atoms with E-state index in [-0.39, 0.29) is 24.5 Å². The molecule has 6 nitrogen and oxygen atoms in total. The summed E-state index contributed by atoms with van der Waals surface area (Å²) in [5.74, 6) is -0.999. The van der Waals surface area contributed by atoms with E-state index in [9.17, 15) is 9.59 Å². The Hall–Kier alpha value is -1.82. The Morgan fingerprint density at radius 2 is 2.31 bits per heavy atom. The van der Waals surface area contributed by atoms with E-state index < -0.39 is 5.97 Å². The molecule has 0 saturated heterocycles. The topological polar surface area (TPSA) is 88.8 Å². The van der Waals surface area contributed by atoms with E-state index in [0.29, 0.717) is 12.3 Å². The fourth-order valence-electron chi connectivity index (χ4n) is 1.16. The Bertz CT molecular complexity index is 371. The molecule has 2 N–H and O–H groups in total. The molecule has 16 heavy (non-hydrogen) atoms. The summed E-state index contributed by atoms with van der Waals surface area (Å²) in [6.07, 6.45) is 1.56. The van der Waals surface area contributed by atoms with Gasteiger partial charge in [0.05, 0.1) is 26.3 Å². The molecule has 0 aromatic carbocycles. The Labute approximate surface area is 92.2 Å². The van der Waals surface area contributed by atoms with Crippen LogP contribution in [0.25, 0.3) is 0 Å². The summed E-state index contributed by atoms with van der Waals surface area (Å²) >= 11 is 0. The molecule has 1 rings (SSSR count). The number of carbonyl (C=O) groups excluding carboxylic acids is 1. The monoisotopic (exact) mass is 227 g/mol. The summed E-state index contributed by atoms with van der Waals surface area (Å²) in [6, 6.07) is 1.39. The first-order valence-corrected chi connectivity index (χ1v) is 4.72. The second kappa shape index (κ2) is 5.92. The Kier molecular flexibility index (Phi) is 4.53. The summed E-state index contributed by atoms with van der Waals surface area (Å²) < 4.78 is 9.45. The lowest BCUT2D eigenvalue weighted by atomic mass is 10.2. The highest BCUT2D eigenvalue weighted by atomic mass is 16.5. The van der Waals surface area contributed by atoms with Gasteiger partial charge in [0.15, 0.2) is 0 Å². The molecule has 1 aromatic rings. The Morgan fingerprint density at radius 3 is 2.94 bits per heavy atom. The largest absolute Gasteiger partial charge is 0.478 e. The number of methoxy groups -OCH3 is 1. The molecular formula is C10H13NO5. The van der Waals surface area contributed by atoms with Crippen LogP contribution in [0.15, 0.2) is 16.7 Å². The van der Waals surface area contributed by atoms with Crippen LogP contribution in [-0.2, 0) is 16.1 Å². The van der Waals surface area contributed by atoms with E-state index in [2.05, 4.69) is 10.1 Å². The zero-order chi connectivity index (χ0) is 12.0. The van der Waals surface area contributed by atoms with Crippen LogP contribution in [0, 0.1) is 0 Å². The van der Waals surface area contributed by atoms with Gasteiger partial charge in [-0.1, -0.05) is 0 Å². The molecule has 0 saturated carbocycles. The van der Waals surface area contributed by atoms with Crippen molar-refractivity contribution >= 4 is 11.9 Å². The van der Waals surface area contributed by atoms with Crippen LogP contribution in [-0.4, -0.2) is 30.7 Å². The lowest BCUT2D eigenvalue weighted by molar-refractivity contribution is -0.140. The van der Waals surface area contributed by atoms with Crippen LogP contribution < -0.4 is 5.32 Å². The van der Waals surface area contributed by atoms with Gasteiger partial charge in [-0.05, 0) is 6.07 Å². The molecule has 1 aromatic heterocycles.